The Morgan fingerprint density at radius 3 is 2.86 bits per heavy atom. The zero-order valence-electron chi connectivity index (χ0n) is 13.1. The Morgan fingerprint density at radius 1 is 1.36 bits per heavy atom. The van der Waals surface area contributed by atoms with Gasteiger partial charge in [0.15, 0.2) is 0 Å². The largest absolute Gasteiger partial charge is 0.459 e. The first kappa shape index (κ1) is 15.4. The molecule has 1 aromatic carbocycles. The summed E-state index contributed by atoms with van der Waals surface area (Å²) in [6.45, 7) is 6.80. The van der Waals surface area contributed by atoms with Crippen LogP contribution in [0.1, 0.15) is 38.5 Å². The lowest BCUT2D eigenvalue weighted by atomic mass is 10.1. The molecule has 0 radical (unpaired) electrons. The lowest BCUT2D eigenvalue weighted by molar-refractivity contribution is 0.0226. The maximum Gasteiger partial charge on any atom is 0.410 e. The van der Waals surface area contributed by atoms with E-state index in [0.29, 0.717) is 13.1 Å². The van der Waals surface area contributed by atoms with E-state index in [9.17, 15) is 4.79 Å². The van der Waals surface area contributed by atoms with Crippen molar-refractivity contribution in [3.8, 4) is 0 Å². The summed E-state index contributed by atoms with van der Waals surface area (Å²) in [6, 6.07) is 6.02. The highest BCUT2D eigenvalue weighted by atomic mass is 79.9. The molecule has 1 aromatic heterocycles. The van der Waals surface area contributed by atoms with Crippen LogP contribution < -0.4 is 0 Å². The van der Waals surface area contributed by atoms with E-state index < -0.39 is 5.60 Å². The first-order chi connectivity index (χ1) is 10.3. The zero-order valence-corrected chi connectivity index (χ0v) is 14.7. The number of aryl methyl sites for hydroxylation is 1. The van der Waals surface area contributed by atoms with Crippen LogP contribution in [0.2, 0.25) is 0 Å². The molecular weight excluding hydrogens is 346 g/mol. The van der Waals surface area contributed by atoms with Crippen molar-refractivity contribution in [2.75, 3.05) is 6.54 Å². The molecule has 2 aromatic rings. The van der Waals surface area contributed by atoms with E-state index in [1.165, 1.54) is 5.56 Å². The quantitative estimate of drug-likeness (QED) is 0.668. The first-order valence-corrected chi connectivity index (χ1v) is 8.30. The number of ether oxygens (including phenoxy) is 1. The maximum absolute atomic E-state index is 12.3. The second-order valence-electron chi connectivity index (χ2n) is 6.65. The molecule has 0 aliphatic carbocycles. The van der Waals surface area contributed by atoms with Gasteiger partial charge in [0.2, 0.25) is 0 Å². The summed E-state index contributed by atoms with van der Waals surface area (Å²) in [4.78, 5) is 14.0. The molecule has 0 saturated heterocycles. The summed E-state index contributed by atoms with van der Waals surface area (Å²) < 4.78 is 12.5. The molecule has 1 aliphatic rings. The Labute approximate surface area is 138 Å². The van der Waals surface area contributed by atoms with Crippen LogP contribution in [0.4, 0.5) is 4.79 Å². The number of benzene rings is 1. The Morgan fingerprint density at radius 2 is 2.14 bits per heavy atom. The van der Waals surface area contributed by atoms with Gasteiger partial charge in [0.1, 0.15) is 16.9 Å². The molecule has 0 fully saturated rings. The second-order valence-corrected chi connectivity index (χ2v) is 7.57. The number of hydrogen-bond acceptors (Lipinski definition) is 3. The number of amides is 1. The molecule has 4 nitrogen and oxygen atoms in total. The summed E-state index contributed by atoms with van der Waals surface area (Å²) in [5.41, 5.74) is 1.60. The van der Waals surface area contributed by atoms with Crippen molar-refractivity contribution in [2.45, 2.75) is 45.8 Å². The number of nitrogens with zero attached hydrogens (tertiary/aromatic N) is 1. The molecule has 5 heteroatoms. The van der Waals surface area contributed by atoms with Gasteiger partial charge < -0.3 is 14.1 Å². The van der Waals surface area contributed by atoms with Crippen LogP contribution >= 0.6 is 15.9 Å². The molecule has 22 heavy (non-hydrogen) atoms. The number of carbonyl (C=O) groups is 1. The summed E-state index contributed by atoms with van der Waals surface area (Å²) >= 11 is 3.51. The maximum atomic E-state index is 12.3. The van der Waals surface area contributed by atoms with Crippen molar-refractivity contribution in [1.29, 1.82) is 0 Å². The Hall–Kier alpha value is -1.49. The van der Waals surface area contributed by atoms with Crippen LogP contribution in [-0.4, -0.2) is 23.1 Å². The van der Waals surface area contributed by atoms with Crippen LogP contribution in [0.15, 0.2) is 27.1 Å². The standard InChI is InChI=1S/C17H20BrNO3/c1-17(2,3)22-16(20)19-8-4-5-12-13-9-11(18)6-7-14(13)21-15(12)10-19/h6-7,9H,4-5,8,10H2,1-3H3. The highest BCUT2D eigenvalue weighted by Gasteiger charge is 2.27. The number of furan rings is 1. The van der Waals surface area contributed by atoms with Gasteiger partial charge in [0.25, 0.3) is 0 Å². The highest BCUT2D eigenvalue weighted by molar-refractivity contribution is 9.10. The van der Waals surface area contributed by atoms with E-state index in [-0.39, 0.29) is 6.09 Å². The van der Waals surface area contributed by atoms with Gasteiger partial charge >= 0.3 is 6.09 Å². The Kier molecular flexibility index (Phi) is 3.93. The van der Waals surface area contributed by atoms with Crippen molar-refractivity contribution in [1.82, 2.24) is 4.90 Å². The number of fused-ring (bicyclic) bond motifs is 3. The fraction of sp³-hybridized carbons (Fsp3) is 0.471. The predicted molar refractivity (Wildman–Crippen MR) is 88.9 cm³/mol. The summed E-state index contributed by atoms with van der Waals surface area (Å²) in [6.07, 6.45) is 1.55. The minimum Gasteiger partial charge on any atom is -0.459 e. The van der Waals surface area contributed by atoms with E-state index in [4.69, 9.17) is 9.15 Å². The van der Waals surface area contributed by atoms with E-state index >= 15 is 0 Å². The average molecular weight is 366 g/mol. The number of carbonyl (C=O) groups excluding carboxylic acids is 1. The third-order valence-electron chi connectivity index (χ3n) is 3.68. The molecule has 2 heterocycles. The molecule has 118 valence electrons. The Bertz CT molecular complexity index is 714. The molecule has 3 rings (SSSR count). The predicted octanol–water partition coefficient (Wildman–Crippen LogP) is 4.88. The minimum atomic E-state index is -0.481. The van der Waals surface area contributed by atoms with Crippen LogP contribution in [0.3, 0.4) is 0 Å². The van der Waals surface area contributed by atoms with Gasteiger partial charge in [-0.1, -0.05) is 15.9 Å². The number of halogens is 1. The molecular formula is C17H20BrNO3. The van der Waals surface area contributed by atoms with Crippen molar-refractivity contribution in [2.24, 2.45) is 0 Å². The van der Waals surface area contributed by atoms with E-state index in [0.717, 1.165) is 34.0 Å². The minimum absolute atomic E-state index is 0.276. The number of hydrogen-bond donors (Lipinski definition) is 0. The topological polar surface area (TPSA) is 42.7 Å². The van der Waals surface area contributed by atoms with Crippen LogP contribution in [0.5, 0.6) is 0 Å². The van der Waals surface area contributed by atoms with Gasteiger partial charge in [0, 0.05) is 22.0 Å². The molecule has 0 unspecified atom stereocenters. The lowest BCUT2D eigenvalue weighted by Gasteiger charge is -2.26. The van der Waals surface area contributed by atoms with Gasteiger partial charge in [-0.2, -0.15) is 0 Å². The normalized spacial score (nSPS) is 15.5. The lowest BCUT2D eigenvalue weighted by Crippen LogP contribution is -2.36. The van der Waals surface area contributed by atoms with E-state index in [1.807, 2.05) is 32.9 Å². The third-order valence-corrected chi connectivity index (χ3v) is 4.17. The molecule has 0 saturated carbocycles. The van der Waals surface area contributed by atoms with Crippen molar-refractivity contribution < 1.29 is 13.9 Å². The SMILES string of the molecule is CC(C)(C)OC(=O)N1CCCc2c(oc3ccc(Br)cc23)C1. The molecule has 0 spiro atoms. The van der Waals surface area contributed by atoms with E-state index in [2.05, 4.69) is 22.0 Å². The van der Waals surface area contributed by atoms with Crippen LogP contribution in [0, 0.1) is 0 Å². The number of rotatable bonds is 0. The molecule has 1 aliphatic heterocycles. The molecule has 1 amide bonds. The smallest absolute Gasteiger partial charge is 0.410 e. The molecule has 0 N–H and O–H groups in total. The van der Waals surface area contributed by atoms with Crippen molar-refractivity contribution >= 4 is 33.0 Å². The van der Waals surface area contributed by atoms with Gasteiger partial charge in [-0.15, -0.1) is 0 Å². The fourth-order valence-electron chi connectivity index (χ4n) is 2.75. The van der Waals surface area contributed by atoms with Gasteiger partial charge in [-0.05, 0) is 51.8 Å². The first-order valence-electron chi connectivity index (χ1n) is 7.51. The molecule has 0 bridgehead atoms. The zero-order chi connectivity index (χ0) is 15.9. The monoisotopic (exact) mass is 365 g/mol. The molecule has 0 atom stereocenters. The van der Waals surface area contributed by atoms with Crippen LogP contribution in [0.25, 0.3) is 11.0 Å². The summed E-state index contributed by atoms with van der Waals surface area (Å²) in [5.74, 6) is 0.872. The van der Waals surface area contributed by atoms with Gasteiger partial charge in [0.05, 0.1) is 6.54 Å². The van der Waals surface area contributed by atoms with Crippen molar-refractivity contribution in [3.63, 3.8) is 0 Å². The summed E-state index contributed by atoms with van der Waals surface area (Å²) in [5, 5.41) is 1.13. The van der Waals surface area contributed by atoms with Gasteiger partial charge in [-0.3, -0.25) is 0 Å². The Balaban J connectivity index is 1.90. The van der Waals surface area contributed by atoms with Crippen LogP contribution in [-0.2, 0) is 17.7 Å². The highest BCUT2D eigenvalue weighted by Crippen LogP contribution is 2.32. The fourth-order valence-corrected chi connectivity index (χ4v) is 3.12. The summed E-state index contributed by atoms with van der Waals surface area (Å²) in [7, 11) is 0. The average Bonchev–Trinajstić information content (AvgIpc) is 2.61. The van der Waals surface area contributed by atoms with Crippen molar-refractivity contribution in [3.05, 3.63) is 34.0 Å². The van der Waals surface area contributed by atoms with Gasteiger partial charge in [-0.25, -0.2) is 4.79 Å². The van der Waals surface area contributed by atoms with E-state index in [1.54, 1.807) is 4.90 Å². The third kappa shape index (κ3) is 3.14. The second kappa shape index (κ2) is 5.61.